The molecule has 0 saturated carbocycles. The zero-order chi connectivity index (χ0) is 14.0. The van der Waals surface area contributed by atoms with Gasteiger partial charge in [-0.25, -0.2) is 8.78 Å². The standard InChI is InChI=1S/C13H7Br2F3O/c14-8-3-11(17)13(18)12(4-8)19-6-7-1-2-9(16)5-10(7)15/h1-5H,6H2. The molecular formula is C13H7Br2F3O. The molecule has 0 N–H and O–H groups in total. The summed E-state index contributed by atoms with van der Waals surface area (Å²) in [6.45, 7) is -0.00627. The summed E-state index contributed by atoms with van der Waals surface area (Å²) in [6, 6.07) is 6.38. The Kier molecular flexibility index (Phi) is 4.52. The normalized spacial score (nSPS) is 10.6. The van der Waals surface area contributed by atoms with Crippen LogP contribution in [0.1, 0.15) is 5.56 Å². The van der Waals surface area contributed by atoms with Gasteiger partial charge in [-0.1, -0.05) is 37.9 Å². The van der Waals surface area contributed by atoms with E-state index >= 15 is 0 Å². The van der Waals surface area contributed by atoms with Crippen LogP contribution in [0.4, 0.5) is 13.2 Å². The van der Waals surface area contributed by atoms with Gasteiger partial charge in [0.05, 0.1) is 0 Å². The summed E-state index contributed by atoms with van der Waals surface area (Å²) in [5.74, 6) is -2.65. The Labute approximate surface area is 124 Å². The molecule has 0 bridgehead atoms. The van der Waals surface area contributed by atoms with Crippen molar-refractivity contribution >= 4 is 31.9 Å². The van der Waals surface area contributed by atoms with Crippen molar-refractivity contribution in [1.29, 1.82) is 0 Å². The Morgan fingerprint density at radius 2 is 1.74 bits per heavy atom. The van der Waals surface area contributed by atoms with E-state index in [4.69, 9.17) is 4.74 Å². The molecule has 2 aromatic rings. The van der Waals surface area contributed by atoms with Gasteiger partial charge in [-0.3, -0.25) is 0 Å². The fraction of sp³-hybridized carbons (Fsp3) is 0.0769. The Morgan fingerprint density at radius 1 is 1.00 bits per heavy atom. The van der Waals surface area contributed by atoms with Gasteiger partial charge in [-0.2, -0.15) is 4.39 Å². The average Bonchev–Trinajstić information content (AvgIpc) is 2.33. The van der Waals surface area contributed by atoms with Crippen molar-refractivity contribution in [3.8, 4) is 5.75 Å². The molecule has 0 spiro atoms. The maximum Gasteiger partial charge on any atom is 0.200 e. The molecule has 0 aliphatic heterocycles. The molecule has 2 rings (SSSR count). The maximum atomic E-state index is 13.5. The van der Waals surface area contributed by atoms with Crippen LogP contribution in [0.15, 0.2) is 39.3 Å². The highest BCUT2D eigenvalue weighted by atomic mass is 79.9. The molecule has 0 fully saturated rings. The van der Waals surface area contributed by atoms with Crippen LogP contribution < -0.4 is 4.74 Å². The van der Waals surface area contributed by atoms with Crippen LogP contribution in [-0.4, -0.2) is 0 Å². The summed E-state index contributed by atoms with van der Waals surface area (Å²) in [5.41, 5.74) is 0.626. The predicted molar refractivity (Wildman–Crippen MR) is 72.5 cm³/mol. The van der Waals surface area contributed by atoms with Gasteiger partial charge in [0.2, 0.25) is 5.82 Å². The van der Waals surface area contributed by atoms with E-state index in [0.29, 0.717) is 14.5 Å². The molecule has 0 amide bonds. The van der Waals surface area contributed by atoms with Gasteiger partial charge in [0.15, 0.2) is 11.6 Å². The minimum atomic E-state index is -1.05. The van der Waals surface area contributed by atoms with E-state index in [1.807, 2.05) is 0 Å². The van der Waals surface area contributed by atoms with E-state index in [-0.39, 0.29) is 12.4 Å². The van der Waals surface area contributed by atoms with E-state index < -0.39 is 17.5 Å². The monoisotopic (exact) mass is 394 g/mol. The van der Waals surface area contributed by atoms with Crippen molar-refractivity contribution in [3.05, 3.63) is 62.3 Å². The summed E-state index contributed by atoms with van der Waals surface area (Å²) >= 11 is 6.22. The minimum absolute atomic E-state index is 0.00627. The van der Waals surface area contributed by atoms with Gasteiger partial charge in [0, 0.05) is 14.5 Å². The fourth-order valence-corrected chi connectivity index (χ4v) is 2.31. The minimum Gasteiger partial charge on any atom is -0.486 e. The molecule has 100 valence electrons. The summed E-state index contributed by atoms with van der Waals surface area (Å²) in [6.07, 6.45) is 0. The fourth-order valence-electron chi connectivity index (χ4n) is 1.43. The molecule has 0 aliphatic carbocycles. The molecule has 1 nitrogen and oxygen atoms in total. The second-order valence-corrected chi connectivity index (χ2v) is 5.49. The van der Waals surface area contributed by atoms with E-state index in [1.54, 1.807) is 0 Å². The second kappa shape index (κ2) is 5.96. The average molecular weight is 396 g/mol. The lowest BCUT2D eigenvalue weighted by atomic mass is 10.2. The number of ether oxygens (including phenoxy) is 1. The number of halogens is 5. The summed E-state index contributed by atoms with van der Waals surface area (Å²) in [7, 11) is 0. The van der Waals surface area contributed by atoms with Crippen LogP contribution >= 0.6 is 31.9 Å². The molecule has 0 unspecified atom stereocenters. The maximum absolute atomic E-state index is 13.5. The van der Waals surface area contributed by atoms with Crippen molar-refractivity contribution in [2.75, 3.05) is 0 Å². The third-order valence-electron chi connectivity index (χ3n) is 2.36. The lowest BCUT2D eigenvalue weighted by Crippen LogP contribution is -2.00. The molecule has 2 aromatic carbocycles. The van der Waals surface area contributed by atoms with Crippen molar-refractivity contribution in [3.63, 3.8) is 0 Å². The van der Waals surface area contributed by atoms with Gasteiger partial charge >= 0.3 is 0 Å². The Balaban J connectivity index is 2.19. The van der Waals surface area contributed by atoms with Gasteiger partial charge in [-0.05, 0) is 24.3 Å². The summed E-state index contributed by atoms with van der Waals surface area (Å²) in [5, 5.41) is 0. The molecule has 0 aliphatic rings. The second-order valence-electron chi connectivity index (χ2n) is 3.72. The number of hydrogen-bond acceptors (Lipinski definition) is 1. The molecule has 0 radical (unpaired) electrons. The first-order valence-corrected chi connectivity index (χ1v) is 6.77. The smallest absolute Gasteiger partial charge is 0.200 e. The van der Waals surface area contributed by atoms with Crippen LogP contribution in [0.5, 0.6) is 5.75 Å². The Hall–Kier alpha value is -1.01. The number of rotatable bonds is 3. The quantitative estimate of drug-likeness (QED) is 0.648. The highest BCUT2D eigenvalue weighted by Crippen LogP contribution is 2.27. The molecule has 0 atom stereocenters. The zero-order valence-electron chi connectivity index (χ0n) is 9.39. The zero-order valence-corrected chi connectivity index (χ0v) is 12.6. The van der Waals surface area contributed by atoms with Gasteiger partial charge < -0.3 is 4.74 Å². The largest absolute Gasteiger partial charge is 0.486 e. The predicted octanol–water partition coefficient (Wildman–Crippen LogP) is 5.21. The van der Waals surface area contributed by atoms with Crippen LogP contribution in [0, 0.1) is 17.5 Å². The molecule has 0 heterocycles. The number of benzene rings is 2. The van der Waals surface area contributed by atoms with Crippen molar-refractivity contribution in [2.45, 2.75) is 6.61 Å². The highest BCUT2D eigenvalue weighted by molar-refractivity contribution is 9.10. The molecule has 6 heteroatoms. The summed E-state index contributed by atoms with van der Waals surface area (Å²) in [4.78, 5) is 0. The Bertz CT molecular complexity index is 617. The first-order valence-electron chi connectivity index (χ1n) is 5.18. The van der Waals surface area contributed by atoms with Crippen LogP contribution in [0.25, 0.3) is 0 Å². The first kappa shape index (κ1) is 14.4. The molecule has 0 aromatic heterocycles. The van der Waals surface area contributed by atoms with E-state index in [0.717, 1.165) is 6.07 Å². The lowest BCUT2D eigenvalue weighted by Gasteiger charge is -2.09. The number of hydrogen-bond donors (Lipinski definition) is 0. The first-order chi connectivity index (χ1) is 8.97. The molecule has 0 saturated heterocycles. The van der Waals surface area contributed by atoms with Crippen molar-refractivity contribution in [2.24, 2.45) is 0 Å². The molecule has 19 heavy (non-hydrogen) atoms. The lowest BCUT2D eigenvalue weighted by molar-refractivity contribution is 0.283. The van der Waals surface area contributed by atoms with Crippen molar-refractivity contribution in [1.82, 2.24) is 0 Å². The third kappa shape index (κ3) is 3.51. The van der Waals surface area contributed by atoms with Crippen LogP contribution in [-0.2, 0) is 6.61 Å². The van der Waals surface area contributed by atoms with Crippen LogP contribution in [0.3, 0.4) is 0 Å². The van der Waals surface area contributed by atoms with Gasteiger partial charge in [0.25, 0.3) is 0 Å². The molecular weight excluding hydrogens is 389 g/mol. The van der Waals surface area contributed by atoms with Gasteiger partial charge in [-0.15, -0.1) is 0 Å². The highest BCUT2D eigenvalue weighted by Gasteiger charge is 2.12. The van der Waals surface area contributed by atoms with Crippen LogP contribution in [0.2, 0.25) is 0 Å². The van der Waals surface area contributed by atoms with Crippen molar-refractivity contribution < 1.29 is 17.9 Å². The van der Waals surface area contributed by atoms with E-state index in [2.05, 4.69) is 31.9 Å². The van der Waals surface area contributed by atoms with E-state index in [9.17, 15) is 13.2 Å². The SMILES string of the molecule is Fc1ccc(COc2cc(Br)cc(F)c2F)c(Br)c1. The van der Waals surface area contributed by atoms with Gasteiger partial charge in [0.1, 0.15) is 12.4 Å². The van der Waals surface area contributed by atoms with E-state index in [1.165, 1.54) is 24.3 Å². The summed E-state index contributed by atoms with van der Waals surface area (Å²) < 4.78 is 45.6. The third-order valence-corrected chi connectivity index (χ3v) is 3.55. The topological polar surface area (TPSA) is 9.23 Å². The Morgan fingerprint density at radius 3 is 2.42 bits per heavy atom.